The quantitative estimate of drug-likeness (QED) is 0.782. The minimum atomic E-state index is -0.0152. The molecule has 1 saturated heterocycles. The average molecular weight is 398 g/mol. The van der Waals surface area contributed by atoms with Gasteiger partial charge in [0.15, 0.2) is 0 Å². The number of amides is 1. The first kappa shape index (κ1) is 20.9. The minimum Gasteiger partial charge on any atom is -0.355 e. The Morgan fingerprint density at radius 1 is 1.46 bits per heavy atom. The van der Waals surface area contributed by atoms with E-state index >= 15 is 0 Å². The van der Waals surface area contributed by atoms with Crippen LogP contribution in [0.1, 0.15) is 33.1 Å². The van der Waals surface area contributed by atoms with Crippen LogP contribution in [0.3, 0.4) is 0 Å². The molecule has 0 aliphatic carbocycles. The maximum atomic E-state index is 12.7. The van der Waals surface area contributed by atoms with Crippen LogP contribution in [0.5, 0.6) is 0 Å². The number of fused-ring (bicyclic) bond motifs is 1. The van der Waals surface area contributed by atoms with E-state index in [9.17, 15) is 4.79 Å². The number of hydrogen-bond donors (Lipinski definition) is 2. The van der Waals surface area contributed by atoms with Gasteiger partial charge in [-0.15, -0.1) is 23.7 Å². The molecule has 1 aliphatic rings. The largest absolute Gasteiger partial charge is 0.355 e. The first-order valence-electron chi connectivity index (χ1n) is 9.02. The van der Waals surface area contributed by atoms with Gasteiger partial charge in [0.2, 0.25) is 5.91 Å². The molecule has 2 aromatic heterocycles. The van der Waals surface area contributed by atoms with E-state index in [4.69, 9.17) is 5.73 Å². The molecule has 3 heterocycles. The summed E-state index contributed by atoms with van der Waals surface area (Å²) >= 11 is 1.62. The average Bonchev–Trinajstić information content (AvgIpc) is 3.09. The first-order chi connectivity index (χ1) is 12.1. The van der Waals surface area contributed by atoms with Gasteiger partial charge in [0.05, 0.1) is 11.3 Å². The lowest BCUT2D eigenvalue weighted by Gasteiger charge is -2.34. The fraction of sp³-hybridized carbons (Fsp3) is 0.611. The molecule has 0 radical (unpaired) electrons. The predicted octanol–water partition coefficient (Wildman–Crippen LogP) is 2.82. The Bertz CT molecular complexity index is 722. The summed E-state index contributed by atoms with van der Waals surface area (Å²) in [5, 5.41) is 6.26. The molecule has 0 spiro atoms. The van der Waals surface area contributed by atoms with Gasteiger partial charge in [-0.25, -0.2) is 9.97 Å². The molecule has 2 aromatic rings. The van der Waals surface area contributed by atoms with Gasteiger partial charge in [0, 0.05) is 25.7 Å². The van der Waals surface area contributed by atoms with Crippen molar-refractivity contribution in [2.75, 3.05) is 24.5 Å². The van der Waals surface area contributed by atoms with Crippen molar-refractivity contribution >= 4 is 45.7 Å². The lowest BCUT2D eigenvalue weighted by molar-refractivity contribution is -0.126. The van der Waals surface area contributed by atoms with Crippen LogP contribution in [-0.4, -0.2) is 41.6 Å². The van der Waals surface area contributed by atoms with Crippen LogP contribution in [0.15, 0.2) is 17.8 Å². The van der Waals surface area contributed by atoms with Gasteiger partial charge < -0.3 is 16.0 Å². The summed E-state index contributed by atoms with van der Waals surface area (Å²) in [5.41, 5.74) is 5.83. The summed E-state index contributed by atoms with van der Waals surface area (Å²) in [5.74, 6) is 1.57. The van der Waals surface area contributed by atoms with E-state index < -0.39 is 0 Å². The Morgan fingerprint density at radius 2 is 2.27 bits per heavy atom. The number of carbonyl (C=O) groups excluding carboxylic acids is 1. The highest BCUT2D eigenvalue weighted by molar-refractivity contribution is 7.16. The number of piperidine rings is 1. The van der Waals surface area contributed by atoms with Crippen LogP contribution in [0.4, 0.5) is 5.82 Å². The van der Waals surface area contributed by atoms with Gasteiger partial charge in [-0.1, -0.05) is 13.8 Å². The molecule has 1 aliphatic heterocycles. The molecule has 0 aromatic carbocycles. The molecule has 26 heavy (non-hydrogen) atoms. The summed E-state index contributed by atoms with van der Waals surface area (Å²) in [4.78, 5) is 24.7. The van der Waals surface area contributed by atoms with Crippen molar-refractivity contribution in [3.8, 4) is 0 Å². The fourth-order valence-electron chi connectivity index (χ4n) is 3.51. The fourth-order valence-corrected chi connectivity index (χ4v) is 4.24. The number of rotatable bonds is 6. The van der Waals surface area contributed by atoms with Gasteiger partial charge >= 0.3 is 0 Å². The third-order valence-corrected chi connectivity index (χ3v) is 5.54. The summed E-state index contributed by atoms with van der Waals surface area (Å²) < 4.78 is 0. The number of carbonyl (C=O) groups is 1. The molecular formula is C18H28ClN5OS. The monoisotopic (exact) mass is 397 g/mol. The zero-order valence-corrected chi connectivity index (χ0v) is 17.0. The number of halogens is 1. The van der Waals surface area contributed by atoms with Crippen LogP contribution < -0.4 is 16.0 Å². The Morgan fingerprint density at radius 3 is 3.00 bits per heavy atom. The second kappa shape index (κ2) is 9.48. The highest BCUT2D eigenvalue weighted by atomic mass is 35.5. The van der Waals surface area contributed by atoms with E-state index in [-0.39, 0.29) is 30.3 Å². The molecule has 6 nitrogen and oxygen atoms in total. The molecule has 8 heteroatoms. The number of nitrogens with one attached hydrogen (secondary N) is 1. The SMILES string of the molecule is CC(C)CC(CN)NC(=O)C1CCCN(c2ncnc3sccc23)C1.Cl. The summed E-state index contributed by atoms with van der Waals surface area (Å²) in [6.07, 6.45) is 4.44. The van der Waals surface area contributed by atoms with Gasteiger partial charge in [0.25, 0.3) is 0 Å². The molecule has 144 valence electrons. The van der Waals surface area contributed by atoms with Crippen molar-refractivity contribution in [2.45, 2.75) is 39.2 Å². The molecule has 3 N–H and O–H groups in total. The number of anilines is 1. The second-order valence-electron chi connectivity index (χ2n) is 7.19. The van der Waals surface area contributed by atoms with Crippen LogP contribution in [0.2, 0.25) is 0 Å². The Balaban J connectivity index is 0.00000243. The number of nitrogens with two attached hydrogens (primary N) is 1. The van der Waals surface area contributed by atoms with Crippen LogP contribution in [0.25, 0.3) is 10.2 Å². The van der Waals surface area contributed by atoms with Gasteiger partial charge in [-0.3, -0.25) is 4.79 Å². The van der Waals surface area contributed by atoms with E-state index in [1.807, 2.05) is 5.38 Å². The van der Waals surface area contributed by atoms with Crippen LogP contribution in [0, 0.1) is 11.8 Å². The summed E-state index contributed by atoms with van der Waals surface area (Å²) in [7, 11) is 0. The van der Waals surface area contributed by atoms with E-state index in [2.05, 4.69) is 40.1 Å². The topological polar surface area (TPSA) is 84.1 Å². The summed E-state index contributed by atoms with van der Waals surface area (Å²) in [6, 6.07) is 2.12. The first-order valence-corrected chi connectivity index (χ1v) is 9.90. The third-order valence-electron chi connectivity index (χ3n) is 4.72. The molecule has 0 saturated carbocycles. The lowest BCUT2D eigenvalue weighted by atomic mass is 9.95. The van der Waals surface area contributed by atoms with Crippen LogP contribution >= 0.6 is 23.7 Å². The van der Waals surface area contributed by atoms with Crippen molar-refractivity contribution in [1.29, 1.82) is 0 Å². The number of thiophene rings is 1. The maximum Gasteiger partial charge on any atom is 0.225 e. The zero-order valence-electron chi connectivity index (χ0n) is 15.4. The third kappa shape index (κ3) is 4.84. The maximum absolute atomic E-state index is 12.7. The molecule has 2 unspecified atom stereocenters. The van der Waals surface area contributed by atoms with Crippen molar-refractivity contribution in [3.05, 3.63) is 17.8 Å². The minimum absolute atomic E-state index is 0. The predicted molar refractivity (Wildman–Crippen MR) is 110 cm³/mol. The van der Waals surface area contributed by atoms with Gasteiger partial charge in [0.1, 0.15) is 17.0 Å². The number of nitrogens with zero attached hydrogens (tertiary/aromatic N) is 3. The van der Waals surface area contributed by atoms with E-state index in [0.717, 1.165) is 41.8 Å². The van der Waals surface area contributed by atoms with Crippen molar-refractivity contribution in [3.63, 3.8) is 0 Å². The number of hydrogen-bond acceptors (Lipinski definition) is 6. The number of aromatic nitrogens is 2. The molecule has 2 atom stereocenters. The van der Waals surface area contributed by atoms with E-state index in [0.29, 0.717) is 19.0 Å². The molecule has 1 amide bonds. The molecular weight excluding hydrogens is 370 g/mol. The Labute approximate surface area is 165 Å². The van der Waals surface area contributed by atoms with Crippen molar-refractivity contribution in [2.24, 2.45) is 17.6 Å². The van der Waals surface area contributed by atoms with Gasteiger partial charge in [-0.05, 0) is 36.6 Å². The van der Waals surface area contributed by atoms with E-state index in [1.165, 1.54) is 0 Å². The highest BCUT2D eigenvalue weighted by Gasteiger charge is 2.28. The van der Waals surface area contributed by atoms with Gasteiger partial charge in [-0.2, -0.15) is 0 Å². The summed E-state index contributed by atoms with van der Waals surface area (Å²) in [6.45, 7) is 6.42. The normalized spacial score (nSPS) is 18.6. The lowest BCUT2D eigenvalue weighted by Crippen LogP contribution is -2.48. The highest BCUT2D eigenvalue weighted by Crippen LogP contribution is 2.30. The van der Waals surface area contributed by atoms with Crippen molar-refractivity contribution < 1.29 is 4.79 Å². The Kier molecular flexibility index (Phi) is 7.61. The smallest absolute Gasteiger partial charge is 0.225 e. The molecule has 1 fully saturated rings. The van der Waals surface area contributed by atoms with Crippen molar-refractivity contribution in [1.82, 2.24) is 15.3 Å². The van der Waals surface area contributed by atoms with Crippen LogP contribution in [-0.2, 0) is 4.79 Å². The second-order valence-corrected chi connectivity index (χ2v) is 8.09. The zero-order chi connectivity index (χ0) is 17.8. The molecule has 3 rings (SSSR count). The molecule has 0 bridgehead atoms. The standard InChI is InChI=1S/C18H27N5OS.ClH/c1-12(2)8-14(9-19)22-17(24)13-4-3-6-23(10-13)16-15-5-7-25-18(15)21-11-20-16;/h5,7,11-14H,3-4,6,8-10,19H2,1-2H3,(H,22,24);1H. The van der Waals surface area contributed by atoms with E-state index in [1.54, 1.807) is 17.7 Å². The Hall–Kier alpha value is -1.44.